The predicted molar refractivity (Wildman–Crippen MR) is 67.0 cm³/mol. The summed E-state index contributed by atoms with van der Waals surface area (Å²) >= 11 is 0. The molecule has 0 aromatic rings. The van der Waals surface area contributed by atoms with E-state index in [9.17, 15) is 4.79 Å². The van der Waals surface area contributed by atoms with E-state index in [1.165, 1.54) is 6.21 Å². The maximum atomic E-state index is 11.5. The Hall–Kier alpha value is -1.84. The Morgan fingerprint density at radius 1 is 1.39 bits per heavy atom. The molecule has 98 valence electrons. The molecule has 0 heterocycles. The van der Waals surface area contributed by atoms with Crippen molar-refractivity contribution in [3.63, 3.8) is 0 Å². The summed E-state index contributed by atoms with van der Waals surface area (Å²) in [4.78, 5) is 11.5. The van der Waals surface area contributed by atoms with Gasteiger partial charge < -0.3 is 25.9 Å². The molecule has 6 heteroatoms. The van der Waals surface area contributed by atoms with E-state index in [2.05, 4.69) is 23.7 Å². The number of nitrogens with one attached hydrogen (secondary N) is 2. The summed E-state index contributed by atoms with van der Waals surface area (Å²) in [6.45, 7) is 4.93. The van der Waals surface area contributed by atoms with E-state index in [0.29, 0.717) is 25.5 Å². The minimum Gasteiger partial charge on any atom is -0.399 e. The first-order valence-corrected chi connectivity index (χ1v) is 5.55. The van der Waals surface area contributed by atoms with Crippen LogP contribution in [0.3, 0.4) is 0 Å². The second-order valence-corrected chi connectivity index (χ2v) is 3.71. The number of ether oxygens (including phenoxy) is 2. The quantitative estimate of drug-likeness (QED) is 0.274. The van der Waals surface area contributed by atoms with E-state index in [-0.39, 0.29) is 18.9 Å². The maximum absolute atomic E-state index is 11.5. The number of rotatable bonds is 10. The van der Waals surface area contributed by atoms with Crippen LogP contribution in [-0.2, 0) is 14.3 Å². The molecule has 18 heavy (non-hydrogen) atoms. The number of hydrogen-bond donors (Lipinski definition) is 3. The van der Waals surface area contributed by atoms with E-state index < -0.39 is 5.54 Å². The molecule has 0 fully saturated rings. The highest BCUT2D eigenvalue weighted by Gasteiger charge is 2.37. The van der Waals surface area contributed by atoms with Crippen molar-refractivity contribution in [3.8, 4) is 11.8 Å². The van der Waals surface area contributed by atoms with E-state index in [4.69, 9.17) is 20.6 Å². The first kappa shape index (κ1) is 14.2. The van der Waals surface area contributed by atoms with Crippen LogP contribution in [0.15, 0.2) is 12.3 Å². The van der Waals surface area contributed by atoms with Gasteiger partial charge in [-0.1, -0.05) is 18.4 Å². The number of carbonyl (C=O) groups is 1. The van der Waals surface area contributed by atoms with Gasteiger partial charge in [0.25, 0.3) is 0 Å². The van der Waals surface area contributed by atoms with Crippen molar-refractivity contribution in [2.24, 2.45) is 5.73 Å². The number of hydrogen-bond acceptors (Lipinski definition) is 5. The zero-order valence-corrected chi connectivity index (χ0v) is 10.1. The molecule has 0 aliphatic heterocycles. The standard InChI is InChI=1S/C12H17N3O3/c1-10(14)12(3-4-12)15-11(16)2-6-17-8-9-18-7-5-13/h5,13H,1-2,6-9,14H2,(H,15,16). The van der Waals surface area contributed by atoms with E-state index in [0.717, 1.165) is 0 Å². The largest absolute Gasteiger partial charge is 0.399 e. The smallest absolute Gasteiger partial charge is 0.224 e. The van der Waals surface area contributed by atoms with Gasteiger partial charge in [0.2, 0.25) is 11.4 Å². The number of carbonyl (C=O) groups excluding carboxylic acids is 1. The molecule has 1 aliphatic rings. The predicted octanol–water partition coefficient (Wildman–Crippen LogP) is -0.596. The fraction of sp³-hybridized carbons (Fsp3) is 0.500. The molecule has 0 aromatic carbocycles. The van der Waals surface area contributed by atoms with Crippen LogP contribution < -0.4 is 11.1 Å². The highest BCUT2D eigenvalue weighted by atomic mass is 16.5. The van der Waals surface area contributed by atoms with Gasteiger partial charge in [0.05, 0.1) is 38.5 Å². The Balaban J connectivity index is 2.01. The average molecular weight is 251 g/mol. The van der Waals surface area contributed by atoms with Gasteiger partial charge in [-0.25, -0.2) is 0 Å². The van der Waals surface area contributed by atoms with Gasteiger partial charge in [0.15, 0.2) is 0 Å². The summed E-state index contributed by atoms with van der Waals surface area (Å²) in [5.74, 6) is 5.23. The topological polar surface area (TPSA) is 97.4 Å². The second kappa shape index (κ2) is 6.79. The molecular weight excluding hydrogens is 234 g/mol. The first-order valence-electron chi connectivity index (χ1n) is 5.55. The fourth-order valence-corrected chi connectivity index (χ4v) is 1.16. The molecule has 0 saturated heterocycles. The van der Waals surface area contributed by atoms with Crippen LogP contribution in [0.25, 0.3) is 0 Å². The molecule has 1 amide bonds. The van der Waals surface area contributed by atoms with Crippen LogP contribution in [0.4, 0.5) is 0 Å². The van der Waals surface area contributed by atoms with Crippen LogP contribution in [0.5, 0.6) is 0 Å². The normalized spacial score (nSPS) is 14.2. The molecule has 1 aliphatic carbocycles. The molecule has 1 rings (SSSR count). The molecular formula is C12H17N3O3. The zero-order chi connectivity index (χ0) is 13.4. The molecule has 4 N–H and O–H groups in total. The molecule has 0 saturated carbocycles. The fourth-order valence-electron chi connectivity index (χ4n) is 1.16. The minimum absolute atomic E-state index is 0.195. The van der Waals surface area contributed by atoms with Gasteiger partial charge >= 0.3 is 0 Å². The summed E-state index contributed by atoms with van der Waals surface area (Å²) in [6.07, 6.45) is 1.39. The Bertz CT molecular complexity index is 387. The van der Waals surface area contributed by atoms with Gasteiger partial charge in [-0.3, -0.25) is 4.79 Å². The van der Waals surface area contributed by atoms with Crippen molar-refractivity contribution in [1.29, 1.82) is 5.41 Å². The van der Waals surface area contributed by atoms with Crippen LogP contribution in [0.2, 0.25) is 0 Å². The van der Waals surface area contributed by atoms with Crippen molar-refractivity contribution in [1.82, 2.24) is 5.32 Å². The van der Waals surface area contributed by atoms with E-state index >= 15 is 0 Å². The summed E-state index contributed by atoms with van der Waals surface area (Å²) < 4.78 is 10.2. The van der Waals surface area contributed by atoms with Crippen LogP contribution >= 0.6 is 0 Å². The molecule has 0 aromatic heterocycles. The Morgan fingerprint density at radius 2 is 2.06 bits per heavy atom. The van der Waals surface area contributed by atoms with Crippen LogP contribution in [0.1, 0.15) is 6.42 Å². The van der Waals surface area contributed by atoms with Crippen molar-refractivity contribution in [2.75, 3.05) is 26.4 Å². The molecule has 0 atom stereocenters. The van der Waals surface area contributed by atoms with E-state index in [1.54, 1.807) is 0 Å². The number of amides is 1. The average Bonchev–Trinajstić information content (AvgIpc) is 3.09. The molecule has 0 bridgehead atoms. The summed E-state index contributed by atoms with van der Waals surface area (Å²) in [5, 5.41) is 9.38. The second-order valence-electron chi connectivity index (χ2n) is 3.71. The van der Waals surface area contributed by atoms with Gasteiger partial charge in [-0.15, -0.1) is 0 Å². The number of nitrogens with two attached hydrogens (primary N) is 1. The lowest BCUT2D eigenvalue weighted by Crippen LogP contribution is -2.43. The SMILES string of the molecule is C=C(N)C1(NC(=O)CCOCCOCC=N)C#C1. The Morgan fingerprint density at radius 3 is 2.61 bits per heavy atom. The Labute approximate surface area is 106 Å². The van der Waals surface area contributed by atoms with Gasteiger partial charge in [0, 0.05) is 6.21 Å². The van der Waals surface area contributed by atoms with Crippen molar-refractivity contribution in [2.45, 2.75) is 12.0 Å². The summed E-state index contributed by atoms with van der Waals surface area (Å²) in [6, 6.07) is 0. The third kappa shape index (κ3) is 4.57. The Kier molecular flexibility index (Phi) is 5.36. The summed E-state index contributed by atoms with van der Waals surface area (Å²) in [5.41, 5.74) is 4.95. The zero-order valence-electron chi connectivity index (χ0n) is 10.1. The molecule has 0 unspecified atom stereocenters. The monoisotopic (exact) mass is 251 g/mol. The van der Waals surface area contributed by atoms with Crippen LogP contribution in [-0.4, -0.2) is 44.1 Å². The van der Waals surface area contributed by atoms with Gasteiger partial charge in [0.1, 0.15) is 0 Å². The van der Waals surface area contributed by atoms with Crippen LogP contribution in [0, 0.1) is 17.3 Å². The highest BCUT2D eigenvalue weighted by molar-refractivity contribution is 5.81. The van der Waals surface area contributed by atoms with Crippen molar-refractivity contribution in [3.05, 3.63) is 12.3 Å². The first-order chi connectivity index (χ1) is 8.60. The van der Waals surface area contributed by atoms with Crippen molar-refractivity contribution >= 4 is 12.1 Å². The third-order valence-electron chi connectivity index (χ3n) is 2.23. The lowest BCUT2D eigenvalue weighted by Gasteiger charge is -2.15. The maximum Gasteiger partial charge on any atom is 0.224 e. The lowest BCUT2D eigenvalue weighted by atomic mass is 10.1. The van der Waals surface area contributed by atoms with Gasteiger partial charge in [-0.05, 0) is 0 Å². The third-order valence-corrected chi connectivity index (χ3v) is 2.23. The summed E-state index contributed by atoms with van der Waals surface area (Å²) in [7, 11) is 0. The molecule has 0 radical (unpaired) electrons. The minimum atomic E-state index is -0.857. The molecule has 6 nitrogen and oxygen atoms in total. The highest BCUT2D eigenvalue weighted by Crippen LogP contribution is 2.18. The van der Waals surface area contributed by atoms with Crippen molar-refractivity contribution < 1.29 is 14.3 Å². The van der Waals surface area contributed by atoms with E-state index in [1.807, 2.05) is 0 Å². The lowest BCUT2D eigenvalue weighted by molar-refractivity contribution is -0.122. The molecule has 0 spiro atoms. The van der Waals surface area contributed by atoms with Gasteiger partial charge in [-0.2, -0.15) is 0 Å².